The molecule has 1 unspecified atom stereocenters. The van der Waals surface area contributed by atoms with Gasteiger partial charge in [0, 0.05) is 50.1 Å². The lowest BCUT2D eigenvalue weighted by Crippen LogP contribution is -2.48. The predicted molar refractivity (Wildman–Crippen MR) is 146 cm³/mol. The van der Waals surface area contributed by atoms with Crippen LogP contribution in [0.5, 0.6) is 0 Å². The van der Waals surface area contributed by atoms with Crippen LogP contribution in [0.1, 0.15) is 57.8 Å². The first-order chi connectivity index (χ1) is 16.9. The molecule has 0 radical (unpaired) electrons. The molecule has 9 heteroatoms. The number of hydrogen-bond acceptors (Lipinski definition) is 8. The van der Waals surface area contributed by atoms with Crippen molar-refractivity contribution in [3.05, 3.63) is 40.9 Å². The van der Waals surface area contributed by atoms with Crippen LogP contribution < -0.4 is 15.5 Å². The molecule has 1 fully saturated rings. The Bertz CT molecular complexity index is 1180. The van der Waals surface area contributed by atoms with Crippen LogP contribution in [-0.4, -0.2) is 59.2 Å². The molecule has 1 saturated heterocycles. The maximum Gasteiger partial charge on any atom is 0.228 e. The lowest BCUT2D eigenvalue weighted by atomic mass is 10.1. The highest BCUT2D eigenvalue weighted by Gasteiger charge is 2.24. The van der Waals surface area contributed by atoms with Crippen molar-refractivity contribution >= 4 is 51.0 Å². The second-order valence-corrected chi connectivity index (χ2v) is 9.96. The van der Waals surface area contributed by atoms with Gasteiger partial charge in [-0.25, -0.2) is 4.98 Å². The number of fused-ring (bicyclic) bond motifs is 1. The Morgan fingerprint density at radius 2 is 1.89 bits per heavy atom. The van der Waals surface area contributed by atoms with Crippen molar-refractivity contribution in [1.82, 2.24) is 14.9 Å². The van der Waals surface area contributed by atoms with Gasteiger partial charge < -0.3 is 25.8 Å². The third-order valence-electron chi connectivity index (χ3n) is 6.73. The second kappa shape index (κ2) is 11.0. The molecule has 1 aromatic carbocycles. The molecule has 0 spiro atoms. The summed E-state index contributed by atoms with van der Waals surface area (Å²) in [5, 5.41) is 18.7. The zero-order chi connectivity index (χ0) is 24.9. The largest absolute Gasteiger partial charge is 0.378 e. The van der Waals surface area contributed by atoms with Crippen molar-refractivity contribution in [1.29, 1.82) is 5.41 Å². The van der Waals surface area contributed by atoms with Crippen LogP contribution in [0.15, 0.2) is 29.6 Å². The number of piperazine rings is 1. The molecule has 8 nitrogen and oxygen atoms in total. The molecule has 0 saturated carbocycles. The average molecular weight is 494 g/mol. The van der Waals surface area contributed by atoms with E-state index in [1.807, 2.05) is 4.90 Å². The van der Waals surface area contributed by atoms with E-state index >= 15 is 0 Å². The summed E-state index contributed by atoms with van der Waals surface area (Å²) in [4.78, 5) is 25.4. The van der Waals surface area contributed by atoms with Crippen molar-refractivity contribution in [2.45, 2.75) is 52.6 Å². The number of rotatable bonds is 9. The maximum absolute atomic E-state index is 11.8. The van der Waals surface area contributed by atoms with E-state index in [4.69, 9.17) is 15.4 Å². The summed E-state index contributed by atoms with van der Waals surface area (Å²) in [7, 11) is 0. The van der Waals surface area contributed by atoms with Crippen LogP contribution in [0.25, 0.3) is 10.1 Å². The lowest BCUT2D eigenvalue weighted by Gasteiger charge is -2.34. The highest BCUT2D eigenvalue weighted by Crippen LogP contribution is 2.32. The van der Waals surface area contributed by atoms with Gasteiger partial charge in [0.05, 0.1) is 6.04 Å². The normalized spacial score (nSPS) is 14.9. The van der Waals surface area contributed by atoms with Crippen molar-refractivity contribution in [2.75, 3.05) is 41.7 Å². The number of thiophene rings is 1. The van der Waals surface area contributed by atoms with Gasteiger partial charge in [0.25, 0.3) is 0 Å². The van der Waals surface area contributed by atoms with Crippen LogP contribution in [0.4, 0.5) is 17.5 Å². The molecule has 1 amide bonds. The third-order valence-corrected chi connectivity index (χ3v) is 7.63. The Morgan fingerprint density at radius 3 is 2.54 bits per heavy atom. The van der Waals surface area contributed by atoms with Gasteiger partial charge in [-0.15, -0.1) is 11.3 Å². The number of aromatic nitrogens is 2. The minimum atomic E-state index is 0.0115. The number of carbonyl (C=O) groups is 1. The third kappa shape index (κ3) is 5.56. The zero-order valence-electron chi connectivity index (χ0n) is 21.0. The van der Waals surface area contributed by atoms with E-state index in [9.17, 15) is 4.79 Å². The molecule has 2 aromatic heterocycles. The lowest BCUT2D eigenvalue weighted by molar-refractivity contribution is -0.129. The van der Waals surface area contributed by atoms with Crippen LogP contribution >= 0.6 is 11.3 Å². The molecule has 3 aromatic rings. The van der Waals surface area contributed by atoms with Crippen molar-refractivity contribution in [3.8, 4) is 0 Å². The van der Waals surface area contributed by atoms with Gasteiger partial charge in [-0.2, -0.15) is 4.98 Å². The Kier molecular flexibility index (Phi) is 7.85. The van der Waals surface area contributed by atoms with Gasteiger partial charge in [0.15, 0.2) is 5.82 Å². The van der Waals surface area contributed by atoms with Gasteiger partial charge in [-0.3, -0.25) is 4.79 Å². The van der Waals surface area contributed by atoms with E-state index in [-0.39, 0.29) is 18.0 Å². The van der Waals surface area contributed by atoms with E-state index in [0.29, 0.717) is 43.6 Å². The summed E-state index contributed by atoms with van der Waals surface area (Å²) in [5.74, 6) is 1.38. The average Bonchev–Trinajstić information content (AvgIpc) is 3.35. The van der Waals surface area contributed by atoms with Crippen LogP contribution in [0.3, 0.4) is 0 Å². The summed E-state index contributed by atoms with van der Waals surface area (Å²) in [6.45, 7) is 10.7. The van der Waals surface area contributed by atoms with E-state index in [0.717, 1.165) is 18.5 Å². The Labute approximate surface area is 211 Å². The molecule has 3 N–H and O–H groups in total. The Balaban J connectivity index is 1.67. The zero-order valence-corrected chi connectivity index (χ0v) is 21.8. The SMILES string of the molecule is CCC(CC)Nc1c(C=N)nc(N2CCN(C(C)=O)CC2)nc1NC(C)c1ccc2sccc2c1. The van der Waals surface area contributed by atoms with Gasteiger partial charge in [-0.05, 0) is 54.3 Å². The molecular formula is C26H35N7OS. The molecule has 1 aliphatic heterocycles. The Hall–Kier alpha value is -3.20. The number of nitrogens with zero attached hydrogens (tertiary/aromatic N) is 4. The number of nitrogens with one attached hydrogen (secondary N) is 3. The molecule has 0 bridgehead atoms. The van der Waals surface area contributed by atoms with Gasteiger partial charge in [-0.1, -0.05) is 19.9 Å². The molecule has 186 valence electrons. The van der Waals surface area contributed by atoms with Gasteiger partial charge in [0.2, 0.25) is 11.9 Å². The maximum atomic E-state index is 11.8. The number of carbonyl (C=O) groups excluding carboxylic acids is 1. The molecule has 0 aliphatic carbocycles. The van der Waals surface area contributed by atoms with E-state index in [1.165, 1.54) is 21.9 Å². The molecule has 4 rings (SSSR count). The number of anilines is 3. The van der Waals surface area contributed by atoms with Crippen molar-refractivity contribution in [2.24, 2.45) is 0 Å². The second-order valence-electron chi connectivity index (χ2n) is 9.01. The van der Waals surface area contributed by atoms with Gasteiger partial charge in [0.1, 0.15) is 11.4 Å². The fourth-order valence-corrected chi connectivity index (χ4v) is 5.19. The minimum absolute atomic E-state index is 0.0115. The molecule has 1 atom stereocenters. The van der Waals surface area contributed by atoms with Gasteiger partial charge >= 0.3 is 0 Å². The molecular weight excluding hydrogens is 458 g/mol. The van der Waals surface area contributed by atoms with Crippen LogP contribution in [-0.2, 0) is 4.79 Å². The highest BCUT2D eigenvalue weighted by atomic mass is 32.1. The first-order valence-electron chi connectivity index (χ1n) is 12.4. The monoisotopic (exact) mass is 493 g/mol. The number of benzene rings is 1. The fraction of sp³-hybridized carbons (Fsp3) is 0.462. The first-order valence-corrected chi connectivity index (χ1v) is 13.2. The molecule has 35 heavy (non-hydrogen) atoms. The standard InChI is InChI=1S/C26H35N7OS/c1-5-21(6-2)29-24-22(16-27)30-26(33-12-10-32(11-13-33)18(4)34)31-25(24)28-17(3)19-7-8-23-20(15-19)9-14-35-23/h7-9,14-17,21,27,29H,5-6,10-13H2,1-4H3,(H,28,30,31). The van der Waals surface area contributed by atoms with Crippen molar-refractivity contribution < 1.29 is 4.79 Å². The summed E-state index contributed by atoms with van der Waals surface area (Å²) in [6.07, 6.45) is 3.23. The highest BCUT2D eigenvalue weighted by molar-refractivity contribution is 7.17. The summed E-state index contributed by atoms with van der Waals surface area (Å²) >= 11 is 1.74. The summed E-state index contributed by atoms with van der Waals surface area (Å²) in [5.41, 5.74) is 2.51. The number of amides is 1. The topological polar surface area (TPSA) is 97.2 Å². The minimum Gasteiger partial charge on any atom is -0.378 e. The predicted octanol–water partition coefficient (Wildman–Crippen LogP) is 5.13. The summed E-state index contributed by atoms with van der Waals surface area (Å²) in [6, 6.07) is 8.97. The van der Waals surface area contributed by atoms with E-state index in [1.54, 1.807) is 18.3 Å². The van der Waals surface area contributed by atoms with Crippen molar-refractivity contribution in [3.63, 3.8) is 0 Å². The summed E-state index contributed by atoms with van der Waals surface area (Å²) < 4.78 is 1.28. The first kappa shape index (κ1) is 24.9. The molecule has 3 heterocycles. The smallest absolute Gasteiger partial charge is 0.228 e. The van der Waals surface area contributed by atoms with Crippen LogP contribution in [0.2, 0.25) is 0 Å². The quantitative estimate of drug-likeness (QED) is 0.358. The van der Waals surface area contributed by atoms with Crippen LogP contribution in [0, 0.1) is 5.41 Å². The van der Waals surface area contributed by atoms with E-state index < -0.39 is 0 Å². The number of hydrogen-bond donors (Lipinski definition) is 3. The molecule has 1 aliphatic rings. The fourth-order valence-electron chi connectivity index (χ4n) is 4.42. The Morgan fingerprint density at radius 1 is 1.14 bits per heavy atom. The van der Waals surface area contributed by atoms with E-state index in [2.05, 4.69) is 66.0 Å².